The Morgan fingerprint density at radius 1 is 1.19 bits per heavy atom. The summed E-state index contributed by atoms with van der Waals surface area (Å²) >= 11 is 6.23. The number of benzene rings is 1. The van der Waals surface area contributed by atoms with Crippen molar-refractivity contribution in [2.24, 2.45) is 5.73 Å². The van der Waals surface area contributed by atoms with E-state index < -0.39 is 0 Å². The van der Waals surface area contributed by atoms with Crippen molar-refractivity contribution in [1.29, 1.82) is 0 Å². The molecule has 1 aromatic carbocycles. The van der Waals surface area contributed by atoms with E-state index in [0.29, 0.717) is 6.54 Å². The molecule has 0 aromatic heterocycles. The minimum atomic E-state index is 0.286. The Bertz CT molecular complexity index is 334. The van der Waals surface area contributed by atoms with E-state index in [9.17, 15) is 0 Å². The number of nitrogens with zero attached hydrogens (tertiary/aromatic N) is 1. The monoisotopic (exact) mass is 238 g/mol. The summed E-state index contributed by atoms with van der Waals surface area (Å²) in [5.41, 5.74) is 7.08. The summed E-state index contributed by atoms with van der Waals surface area (Å²) in [6.45, 7) is 2.93. The van der Waals surface area contributed by atoms with Crippen molar-refractivity contribution in [3.8, 4) is 0 Å². The lowest BCUT2D eigenvalue weighted by Gasteiger charge is -2.34. The standard InChI is InChI=1S/C13H19ClN2/c14-12-7-3-2-6-11(12)13(10-15)16-8-4-1-5-9-16/h2-3,6-7,13H,1,4-5,8-10,15H2. The van der Waals surface area contributed by atoms with Gasteiger partial charge in [-0.15, -0.1) is 0 Å². The van der Waals surface area contributed by atoms with E-state index in [1.807, 2.05) is 18.2 Å². The summed E-state index contributed by atoms with van der Waals surface area (Å²) in [5.74, 6) is 0. The molecule has 3 heteroatoms. The minimum Gasteiger partial charge on any atom is -0.329 e. The van der Waals surface area contributed by atoms with E-state index in [2.05, 4.69) is 11.0 Å². The number of piperidine rings is 1. The van der Waals surface area contributed by atoms with Crippen molar-refractivity contribution in [1.82, 2.24) is 4.90 Å². The van der Waals surface area contributed by atoms with Crippen LogP contribution < -0.4 is 5.73 Å². The summed E-state index contributed by atoms with van der Waals surface area (Å²) in [7, 11) is 0. The smallest absolute Gasteiger partial charge is 0.0485 e. The van der Waals surface area contributed by atoms with Gasteiger partial charge in [0.25, 0.3) is 0 Å². The Hall–Kier alpha value is -0.570. The van der Waals surface area contributed by atoms with Gasteiger partial charge in [-0.05, 0) is 37.6 Å². The zero-order chi connectivity index (χ0) is 11.4. The normalized spacial score (nSPS) is 19.6. The van der Waals surface area contributed by atoms with Crippen molar-refractivity contribution < 1.29 is 0 Å². The second-order valence-corrected chi connectivity index (χ2v) is 4.78. The number of nitrogens with two attached hydrogens (primary N) is 1. The second-order valence-electron chi connectivity index (χ2n) is 4.37. The van der Waals surface area contributed by atoms with Crippen LogP contribution in [0.4, 0.5) is 0 Å². The first-order valence-corrected chi connectivity index (χ1v) is 6.39. The maximum atomic E-state index is 6.23. The summed E-state index contributed by atoms with van der Waals surface area (Å²) in [5, 5.41) is 0.837. The molecule has 0 aliphatic carbocycles. The van der Waals surface area contributed by atoms with Crippen LogP contribution in [0.5, 0.6) is 0 Å². The van der Waals surface area contributed by atoms with Crippen molar-refractivity contribution in [3.05, 3.63) is 34.9 Å². The van der Waals surface area contributed by atoms with Crippen LogP contribution in [-0.2, 0) is 0 Å². The van der Waals surface area contributed by atoms with Gasteiger partial charge in [0.1, 0.15) is 0 Å². The van der Waals surface area contributed by atoms with Crippen molar-refractivity contribution in [2.45, 2.75) is 25.3 Å². The van der Waals surface area contributed by atoms with Crippen LogP contribution in [0.2, 0.25) is 5.02 Å². The molecule has 1 aliphatic heterocycles. The van der Waals surface area contributed by atoms with Gasteiger partial charge in [0.05, 0.1) is 0 Å². The average molecular weight is 239 g/mol. The molecule has 0 saturated carbocycles. The molecule has 1 saturated heterocycles. The molecule has 1 aromatic rings. The molecular formula is C13H19ClN2. The van der Waals surface area contributed by atoms with E-state index >= 15 is 0 Å². The Balaban J connectivity index is 2.18. The average Bonchev–Trinajstić information content (AvgIpc) is 2.34. The molecular weight excluding hydrogens is 220 g/mol. The fraction of sp³-hybridized carbons (Fsp3) is 0.538. The Kier molecular flexibility index (Phi) is 4.22. The third-order valence-electron chi connectivity index (χ3n) is 3.32. The molecule has 0 amide bonds. The van der Waals surface area contributed by atoms with Gasteiger partial charge < -0.3 is 5.73 Å². The van der Waals surface area contributed by atoms with E-state index in [4.69, 9.17) is 17.3 Å². The van der Waals surface area contributed by atoms with Gasteiger partial charge >= 0.3 is 0 Å². The lowest BCUT2D eigenvalue weighted by atomic mass is 10.0. The number of hydrogen-bond donors (Lipinski definition) is 1. The van der Waals surface area contributed by atoms with Crippen molar-refractivity contribution in [2.75, 3.05) is 19.6 Å². The van der Waals surface area contributed by atoms with Crippen LogP contribution in [0.25, 0.3) is 0 Å². The molecule has 1 unspecified atom stereocenters. The summed E-state index contributed by atoms with van der Waals surface area (Å²) in [6.07, 6.45) is 3.90. The topological polar surface area (TPSA) is 29.3 Å². The number of likely N-dealkylation sites (tertiary alicyclic amines) is 1. The van der Waals surface area contributed by atoms with E-state index in [-0.39, 0.29) is 6.04 Å². The third kappa shape index (κ3) is 2.57. The molecule has 1 aliphatic rings. The maximum absolute atomic E-state index is 6.23. The number of rotatable bonds is 3. The van der Waals surface area contributed by atoms with Crippen LogP contribution in [-0.4, -0.2) is 24.5 Å². The minimum absolute atomic E-state index is 0.286. The lowest BCUT2D eigenvalue weighted by Crippen LogP contribution is -2.37. The Morgan fingerprint density at radius 3 is 2.50 bits per heavy atom. The van der Waals surface area contributed by atoms with Gasteiger partial charge in [-0.3, -0.25) is 4.90 Å². The number of hydrogen-bond acceptors (Lipinski definition) is 2. The molecule has 2 rings (SSSR count). The zero-order valence-electron chi connectivity index (χ0n) is 9.53. The SMILES string of the molecule is NCC(c1ccccc1Cl)N1CCCCC1. The third-order valence-corrected chi connectivity index (χ3v) is 3.66. The fourth-order valence-electron chi connectivity index (χ4n) is 2.45. The van der Waals surface area contributed by atoms with E-state index in [1.165, 1.54) is 24.8 Å². The highest BCUT2D eigenvalue weighted by molar-refractivity contribution is 6.31. The molecule has 1 atom stereocenters. The van der Waals surface area contributed by atoms with Crippen LogP contribution in [0.15, 0.2) is 24.3 Å². The molecule has 1 heterocycles. The highest BCUT2D eigenvalue weighted by atomic mass is 35.5. The highest BCUT2D eigenvalue weighted by Crippen LogP contribution is 2.28. The lowest BCUT2D eigenvalue weighted by molar-refractivity contribution is 0.167. The van der Waals surface area contributed by atoms with Gasteiger partial charge in [-0.2, -0.15) is 0 Å². The molecule has 0 radical (unpaired) electrons. The van der Waals surface area contributed by atoms with Crippen molar-refractivity contribution >= 4 is 11.6 Å². The molecule has 0 spiro atoms. The predicted octanol–water partition coefficient (Wildman–Crippen LogP) is 2.83. The largest absolute Gasteiger partial charge is 0.329 e. The Morgan fingerprint density at radius 2 is 1.88 bits per heavy atom. The van der Waals surface area contributed by atoms with Crippen LogP contribution in [0.3, 0.4) is 0 Å². The number of halogens is 1. The zero-order valence-corrected chi connectivity index (χ0v) is 10.3. The van der Waals surface area contributed by atoms with Crippen LogP contribution >= 0.6 is 11.6 Å². The second kappa shape index (κ2) is 5.67. The first kappa shape index (κ1) is 11.9. The molecule has 16 heavy (non-hydrogen) atoms. The molecule has 2 N–H and O–H groups in total. The quantitative estimate of drug-likeness (QED) is 0.878. The van der Waals surface area contributed by atoms with Gasteiger partial charge in [-0.25, -0.2) is 0 Å². The van der Waals surface area contributed by atoms with Crippen molar-refractivity contribution in [3.63, 3.8) is 0 Å². The first-order valence-electron chi connectivity index (χ1n) is 6.01. The predicted molar refractivity (Wildman–Crippen MR) is 68.7 cm³/mol. The molecule has 0 bridgehead atoms. The Labute approximate surface area is 102 Å². The molecule has 88 valence electrons. The summed E-state index contributed by atoms with van der Waals surface area (Å²) in [6, 6.07) is 8.33. The summed E-state index contributed by atoms with van der Waals surface area (Å²) < 4.78 is 0. The first-order chi connectivity index (χ1) is 7.83. The van der Waals surface area contributed by atoms with Gasteiger partial charge in [0.2, 0.25) is 0 Å². The molecule has 2 nitrogen and oxygen atoms in total. The van der Waals surface area contributed by atoms with Crippen LogP contribution in [0, 0.1) is 0 Å². The summed E-state index contributed by atoms with van der Waals surface area (Å²) in [4.78, 5) is 2.46. The van der Waals surface area contributed by atoms with E-state index in [1.54, 1.807) is 0 Å². The van der Waals surface area contributed by atoms with E-state index in [0.717, 1.165) is 18.1 Å². The fourth-order valence-corrected chi connectivity index (χ4v) is 2.71. The highest BCUT2D eigenvalue weighted by Gasteiger charge is 2.22. The maximum Gasteiger partial charge on any atom is 0.0485 e. The van der Waals surface area contributed by atoms with Gasteiger partial charge in [0, 0.05) is 17.6 Å². The van der Waals surface area contributed by atoms with Crippen LogP contribution in [0.1, 0.15) is 30.9 Å². The molecule has 1 fully saturated rings. The van der Waals surface area contributed by atoms with Gasteiger partial charge in [-0.1, -0.05) is 36.2 Å². The van der Waals surface area contributed by atoms with Gasteiger partial charge in [0.15, 0.2) is 0 Å².